The van der Waals surface area contributed by atoms with E-state index >= 15 is 0 Å². The molecule has 104 valence electrons. The molecule has 19 heavy (non-hydrogen) atoms. The van der Waals surface area contributed by atoms with Crippen LogP contribution in [0.1, 0.15) is 38.5 Å². The molecular weight excluding hydrogens is 244 g/mol. The number of piperidine rings is 1. The molecule has 2 fully saturated rings. The van der Waals surface area contributed by atoms with E-state index in [1.54, 1.807) is 0 Å². The Labute approximate surface area is 113 Å². The van der Waals surface area contributed by atoms with Gasteiger partial charge in [0.1, 0.15) is 6.04 Å². The van der Waals surface area contributed by atoms with Crippen molar-refractivity contribution in [1.29, 1.82) is 0 Å². The number of carboxylic acid groups (broad SMARTS) is 1. The Hall–Kier alpha value is -1.70. The summed E-state index contributed by atoms with van der Waals surface area (Å²) in [4.78, 5) is 25.0. The number of terminal acetylenes is 1. The summed E-state index contributed by atoms with van der Waals surface area (Å²) in [7, 11) is 0. The first-order valence-corrected chi connectivity index (χ1v) is 6.87. The van der Waals surface area contributed by atoms with Crippen LogP contribution in [0.3, 0.4) is 0 Å². The number of likely N-dealkylation sites (tertiary alicyclic amines) is 1. The lowest BCUT2D eigenvalue weighted by molar-refractivity contribution is -0.139. The van der Waals surface area contributed by atoms with E-state index in [2.05, 4.69) is 11.2 Å². The van der Waals surface area contributed by atoms with E-state index in [4.69, 9.17) is 11.5 Å². The Morgan fingerprint density at radius 3 is 2.79 bits per heavy atom. The minimum atomic E-state index is -1.08. The van der Waals surface area contributed by atoms with Crippen LogP contribution in [0.4, 0.5) is 4.79 Å². The van der Waals surface area contributed by atoms with E-state index in [0.717, 1.165) is 25.8 Å². The molecule has 1 aliphatic carbocycles. The highest BCUT2D eigenvalue weighted by molar-refractivity contribution is 5.83. The van der Waals surface area contributed by atoms with Gasteiger partial charge in [0.15, 0.2) is 0 Å². The zero-order valence-corrected chi connectivity index (χ0v) is 11.0. The molecule has 1 heterocycles. The number of hydrogen-bond donors (Lipinski definition) is 2. The predicted molar refractivity (Wildman–Crippen MR) is 70.5 cm³/mol. The van der Waals surface area contributed by atoms with Crippen LogP contribution in [0, 0.1) is 18.3 Å². The van der Waals surface area contributed by atoms with Crippen molar-refractivity contribution in [2.75, 3.05) is 6.54 Å². The molecule has 5 heteroatoms. The number of carbonyl (C=O) groups is 2. The van der Waals surface area contributed by atoms with Crippen molar-refractivity contribution in [2.45, 2.75) is 50.6 Å². The summed E-state index contributed by atoms with van der Waals surface area (Å²) >= 11 is 0. The van der Waals surface area contributed by atoms with Gasteiger partial charge in [-0.25, -0.2) is 9.59 Å². The maximum absolute atomic E-state index is 12.2. The number of hydrogen-bond acceptors (Lipinski definition) is 2. The number of rotatable bonds is 3. The molecule has 0 aromatic heterocycles. The molecule has 3 atom stereocenters. The largest absolute Gasteiger partial charge is 0.480 e. The maximum Gasteiger partial charge on any atom is 0.327 e. The van der Waals surface area contributed by atoms with Crippen molar-refractivity contribution in [3.63, 3.8) is 0 Å². The molecule has 0 bridgehead atoms. The van der Waals surface area contributed by atoms with Crippen LogP contribution in [-0.2, 0) is 4.79 Å². The van der Waals surface area contributed by atoms with E-state index in [1.807, 2.05) is 4.90 Å². The molecule has 0 aromatic carbocycles. The highest BCUT2D eigenvalue weighted by atomic mass is 16.4. The predicted octanol–water partition coefficient (Wildman–Crippen LogP) is 1.44. The van der Waals surface area contributed by atoms with E-state index in [9.17, 15) is 9.59 Å². The van der Waals surface area contributed by atoms with Gasteiger partial charge in [-0.15, -0.1) is 12.3 Å². The number of nitrogens with zero attached hydrogens (tertiary/aromatic N) is 1. The Morgan fingerprint density at radius 2 is 2.11 bits per heavy atom. The zero-order chi connectivity index (χ0) is 13.8. The standard InChI is InChI=1S/C14H20N2O3/c1-2-5-11(13(17)18)15-14(19)16-9-4-7-10-6-3-8-12(10)16/h1,10-12H,3-9H2,(H,15,19)(H,17,18). The highest BCUT2D eigenvalue weighted by Gasteiger charge is 2.38. The number of aliphatic carboxylic acids is 1. The summed E-state index contributed by atoms with van der Waals surface area (Å²) in [5.74, 6) is 1.81. The summed E-state index contributed by atoms with van der Waals surface area (Å²) in [5.41, 5.74) is 0. The van der Waals surface area contributed by atoms with Crippen LogP contribution in [0.25, 0.3) is 0 Å². The normalized spacial score (nSPS) is 27.2. The number of nitrogens with one attached hydrogen (secondary N) is 1. The minimum Gasteiger partial charge on any atom is -0.480 e. The SMILES string of the molecule is C#CCC(NC(=O)N1CCCC2CCCC21)C(=O)O. The van der Waals surface area contributed by atoms with Crippen molar-refractivity contribution in [3.8, 4) is 12.3 Å². The van der Waals surface area contributed by atoms with Gasteiger partial charge in [-0.05, 0) is 31.6 Å². The van der Waals surface area contributed by atoms with E-state index in [0.29, 0.717) is 5.92 Å². The lowest BCUT2D eigenvalue weighted by atomic mass is 9.92. The van der Waals surface area contributed by atoms with Crippen LogP contribution in [0.15, 0.2) is 0 Å². The molecule has 2 N–H and O–H groups in total. The smallest absolute Gasteiger partial charge is 0.327 e. The Bertz CT molecular complexity index is 402. The first kappa shape index (κ1) is 13.7. The molecule has 1 saturated heterocycles. The summed E-state index contributed by atoms with van der Waals surface area (Å²) < 4.78 is 0. The number of urea groups is 1. The van der Waals surface area contributed by atoms with Crippen molar-refractivity contribution in [1.82, 2.24) is 10.2 Å². The van der Waals surface area contributed by atoms with Gasteiger partial charge < -0.3 is 15.3 Å². The summed E-state index contributed by atoms with van der Waals surface area (Å²) in [6.45, 7) is 0.718. The molecular formula is C14H20N2O3. The van der Waals surface area contributed by atoms with Crippen LogP contribution < -0.4 is 5.32 Å². The molecule has 1 aliphatic heterocycles. The first-order valence-electron chi connectivity index (χ1n) is 6.87. The second-order valence-electron chi connectivity index (χ2n) is 5.34. The summed E-state index contributed by atoms with van der Waals surface area (Å²) in [6, 6.07) is -0.979. The topological polar surface area (TPSA) is 69.6 Å². The summed E-state index contributed by atoms with van der Waals surface area (Å²) in [5, 5.41) is 11.6. The Balaban J connectivity index is 1.98. The third-order valence-corrected chi connectivity index (χ3v) is 4.17. The van der Waals surface area contributed by atoms with Gasteiger partial charge in [-0.2, -0.15) is 0 Å². The molecule has 1 saturated carbocycles. The van der Waals surface area contributed by atoms with Gasteiger partial charge in [0.2, 0.25) is 0 Å². The molecule has 2 amide bonds. The van der Waals surface area contributed by atoms with Gasteiger partial charge >= 0.3 is 12.0 Å². The quantitative estimate of drug-likeness (QED) is 0.758. The average Bonchev–Trinajstić information content (AvgIpc) is 2.85. The van der Waals surface area contributed by atoms with Gasteiger partial charge in [0.25, 0.3) is 0 Å². The highest BCUT2D eigenvalue weighted by Crippen LogP contribution is 2.36. The van der Waals surface area contributed by atoms with Crippen LogP contribution >= 0.6 is 0 Å². The number of carboxylic acids is 1. The third-order valence-electron chi connectivity index (χ3n) is 4.17. The van der Waals surface area contributed by atoms with Gasteiger partial charge in [0.05, 0.1) is 0 Å². The second kappa shape index (κ2) is 5.96. The minimum absolute atomic E-state index is 0.0169. The van der Waals surface area contributed by atoms with Gasteiger partial charge in [-0.1, -0.05) is 6.42 Å². The van der Waals surface area contributed by atoms with Crippen molar-refractivity contribution >= 4 is 12.0 Å². The molecule has 2 rings (SSSR count). The van der Waals surface area contributed by atoms with Crippen molar-refractivity contribution in [3.05, 3.63) is 0 Å². The second-order valence-corrected chi connectivity index (χ2v) is 5.34. The Kier molecular flexibility index (Phi) is 4.31. The van der Waals surface area contributed by atoms with E-state index in [1.165, 1.54) is 12.8 Å². The number of carbonyl (C=O) groups excluding carboxylic acids is 1. The molecule has 0 spiro atoms. The van der Waals surface area contributed by atoms with E-state index < -0.39 is 12.0 Å². The summed E-state index contributed by atoms with van der Waals surface area (Å²) in [6.07, 6.45) is 10.7. The lowest BCUT2D eigenvalue weighted by Gasteiger charge is -2.38. The number of fused-ring (bicyclic) bond motifs is 1. The van der Waals surface area contributed by atoms with E-state index in [-0.39, 0.29) is 18.5 Å². The fraction of sp³-hybridized carbons (Fsp3) is 0.714. The molecule has 0 radical (unpaired) electrons. The fourth-order valence-electron chi connectivity index (χ4n) is 3.26. The fourth-order valence-corrected chi connectivity index (χ4v) is 3.26. The third kappa shape index (κ3) is 3.01. The van der Waals surface area contributed by atoms with Crippen LogP contribution in [0.2, 0.25) is 0 Å². The molecule has 5 nitrogen and oxygen atoms in total. The van der Waals surface area contributed by atoms with Crippen LogP contribution in [0.5, 0.6) is 0 Å². The zero-order valence-electron chi connectivity index (χ0n) is 11.0. The molecule has 0 aromatic rings. The first-order chi connectivity index (χ1) is 9.13. The average molecular weight is 264 g/mol. The van der Waals surface area contributed by atoms with Crippen molar-refractivity contribution in [2.24, 2.45) is 5.92 Å². The Morgan fingerprint density at radius 1 is 1.37 bits per heavy atom. The van der Waals surface area contributed by atoms with Gasteiger partial charge in [-0.3, -0.25) is 0 Å². The molecule has 3 unspecified atom stereocenters. The molecule has 2 aliphatic rings. The lowest BCUT2D eigenvalue weighted by Crippen LogP contribution is -2.54. The van der Waals surface area contributed by atoms with Crippen molar-refractivity contribution < 1.29 is 14.7 Å². The monoisotopic (exact) mass is 264 g/mol. The van der Waals surface area contributed by atoms with Gasteiger partial charge in [0, 0.05) is 19.0 Å². The number of amides is 2. The maximum atomic E-state index is 12.2. The van der Waals surface area contributed by atoms with Crippen LogP contribution in [-0.4, -0.2) is 40.6 Å².